The van der Waals surface area contributed by atoms with Gasteiger partial charge in [-0.3, -0.25) is 24.3 Å². The van der Waals surface area contributed by atoms with Crippen molar-refractivity contribution in [3.05, 3.63) is 40.5 Å². The van der Waals surface area contributed by atoms with Crippen LogP contribution in [0.25, 0.3) is 0 Å². The van der Waals surface area contributed by atoms with Gasteiger partial charge in [-0.15, -0.1) is 11.8 Å². The van der Waals surface area contributed by atoms with E-state index >= 15 is 0 Å². The molecule has 7 N–H and O–H groups in total. The van der Waals surface area contributed by atoms with Crippen LogP contribution in [0.1, 0.15) is 24.4 Å². The summed E-state index contributed by atoms with van der Waals surface area (Å²) in [5, 5.41) is 30.3. The molecule has 0 spiro atoms. The van der Waals surface area contributed by atoms with Gasteiger partial charge < -0.3 is 32.0 Å². The first-order chi connectivity index (χ1) is 20.8. The molecule has 3 atom stereocenters. The lowest BCUT2D eigenvalue weighted by Gasteiger charge is -2.49. The Morgan fingerprint density at radius 2 is 2.16 bits per heavy atom. The summed E-state index contributed by atoms with van der Waals surface area (Å²) in [6.45, 7) is 1.39. The van der Waals surface area contributed by atoms with Gasteiger partial charge in [-0.25, -0.2) is 4.79 Å². The Morgan fingerprint density at radius 3 is 2.86 bits per heavy atom. The zero-order chi connectivity index (χ0) is 30.5. The second-order valence-corrected chi connectivity index (χ2v) is 13.5. The summed E-state index contributed by atoms with van der Waals surface area (Å²) in [4.78, 5) is 61.0. The standard InChI is InChI=1S/C24H27N9O6S4/c25-24-30-18(32-43-24)15(31-39)20(35)29-16-21(36)33-17(23(37)38)14(10-41-22(16)33)42-13-4-2-6-27-12(13)9-40-8-7-28-19(34)11-3-1-5-26-11/h2,4,6,11,16,22,26,39H,1,3,5,7-10H2,(H,28,34)(H,29,35)(H,37,38)(H2,25,30,32)/b31-15-/t11-,16+,22-/m0/s1. The number of amides is 3. The van der Waals surface area contributed by atoms with Crippen LogP contribution in [-0.2, 0) is 24.9 Å². The summed E-state index contributed by atoms with van der Waals surface area (Å²) in [5.74, 6) is -1.43. The van der Waals surface area contributed by atoms with E-state index in [1.165, 1.54) is 23.5 Å². The normalized spacial score (nSPS) is 21.8. The molecule has 2 fully saturated rings. The van der Waals surface area contributed by atoms with Gasteiger partial charge in [-0.05, 0) is 31.5 Å². The van der Waals surface area contributed by atoms with Gasteiger partial charge in [0.05, 0.1) is 11.7 Å². The summed E-state index contributed by atoms with van der Waals surface area (Å²) in [6, 6.07) is 2.45. The monoisotopic (exact) mass is 665 g/mol. The van der Waals surface area contributed by atoms with Crippen molar-refractivity contribution in [2.24, 2.45) is 5.16 Å². The summed E-state index contributed by atoms with van der Waals surface area (Å²) in [5.41, 5.74) is 5.63. The largest absolute Gasteiger partial charge is 0.477 e. The van der Waals surface area contributed by atoms with Gasteiger partial charge in [0, 0.05) is 51.3 Å². The Hall–Kier alpha value is -3.39. The van der Waals surface area contributed by atoms with E-state index in [9.17, 15) is 29.5 Å². The van der Waals surface area contributed by atoms with Crippen LogP contribution in [-0.4, -0.2) is 101 Å². The number of aliphatic carboxylic acids is 1. The lowest BCUT2D eigenvalue weighted by Crippen LogP contribution is -2.71. The fraction of sp³-hybridized carbons (Fsp3) is 0.417. The number of nitrogen functional groups attached to an aromatic ring is 1. The van der Waals surface area contributed by atoms with Gasteiger partial charge in [0.15, 0.2) is 5.13 Å². The Morgan fingerprint density at radius 1 is 1.33 bits per heavy atom. The first-order valence-electron chi connectivity index (χ1n) is 13.0. The summed E-state index contributed by atoms with van der Waals surface area (Å²) >= 11 is 4.95. The molecule has 5 heterocycles. The molecule has 228 valence electrons. The van der Waals surface area contributed by atoms with E-state index in [1.54, 1.807) is 24.0 Å². The van der Waals surface area contributed by atoms with Crippen LogP contribution in [0.4, 0.5) is 5.13 Å². The van der Waals surface area contributed by atoms with Crippen molar-refractivity contribution in [1.29, 1.82) is 0 Å². The number of anilines is 1. The second-order valence-electron chi connectivity index (χ2n) is 9.39. The van der Waals surface area contributed by atoms with Gasteiger partial charge in [-0.1, -0.05) is 16.9 Å². The van der Waals surface area contributed by atoms with Crippen LogP contribution < -0.4 is 21.7 Å². The highest BCUT2D eigenvalue weighted by Gasteiger charge is 2.54. The number of carboxylic acid groups (broad SMARTS) is 1. The van der Waals surface area contributed by atoms with Gasteiger partial charge >= 0.3 is 5.97 Å². The Balaban J connectivity index is 1.21. The molecule has 3 aliphatic rings. The summed E-state index contributed by atoms with van der Waals surface area (Å²) < 4.78 is 3.84. The second kappa shape index (κ2) is 13.9. The first kappa shape index (κ1) is 31.0. The molecule has 3 aliphatic heterocycles. The molecule has 19 heteroatoms. The topological polar surface area (TPSA) is 225 Å². The SMILES string of the molecule is Nc1nc(/C(=N/O)C(=O)N[C@@H]2C(=O)N3C(C(=O)O)=C(Sc4cccnc4CSCCNC(=O)[C@@H]4CCCN4)CS[C@@H]23)ns1. The van der Waals surface area contributed by atoms with E-state index in [2.05, 4.69) is 35.4 Å². The fourth-order valence-electron chi connectivity index (χ4n) is 4.61. The number of hydrogen-bond acceptors (Lipinski definition) is 15. The number of hydrogen-bond donors (Lipinski definition) is 6. The molecule has 5 rings (SSSR count). The van der Waals surface area contributed by atoms with Crippen LogP contribution in [0.3, 0.4) is 0 Å². The lowest BCUT2D eigenvalue weighted by molar-refractivity contribution is -0.150. The Labute approximate surface area is 262 Å². The number of nitrogens with one attached hydrogen (secondary N) is 3. The molecule has 0 bridgehead atoms. The molecular formula is C24H27N9O6S4. The maximum Gasteiger partial charge on any atom is 0.353 e. The van der Waals surface area contributed by atoms with Gasteiger partial charge in [0.2, 0.25) is 17.4 Å². The lowest BCUT2D eigenvalue weighted by atomic mass is 10.0. The smallest absolute Gasteiger partial charge is 0.353 e. The van der Waals surface area contributed by atoms with Gasteiger partial charge in [-0.2, -0.15) is 21.1 Å². The van der Waals surface area contributed by atoms with Crippen molar-refractivity contribution in [2.45, 2.75) is 40.9 Å². The van der Waals surface area contributed by atoms with Gasteiger partial charge in [0.1, 0.15) is 17.1 Å². The van der Waals surface area contributed by atoms with E-state index < -0.39 is 34.9 Å². The quantitative estimate of drug-likeness (QED) is 0.0589. The van der Waals surface area contributed by atoms with E-state index in [0.29, 0.717) is 23.0 Å². The third-order valence-corrected chi connectivity index (χ3v) is 10.8. The maximum atomic E-state index is 13.1. The van der Waals surface area contributed by atoms with E-state index in [1.807, 2.05) is 6.07 Å². The average Bonchev–Trinajstić information content (AvgIpc) is 3.69. The van der Waals surface area contributed by atoms with E-state index in [0.717, 1.165) is 46.4 Å². The maximum absolute atomic E-state index is 13.1. The summed E-state index contributed by atoms with van der Waals surface area (Å²) in [7, 11) is 0. The number of oxime groups is 1. The zero-order valence-corrected chi connectivity index (χ0v) is 25.7. The number of nitrogens with zero attached hydrogens (tertiary/aromatic N) is 5. The van der Waals surface area contributed by atoms with E-state index in [4.69, 9.17) is 5.73 Å². The molecule has 0 radical (unpaired) electrons. The van der Waals surface area contributed by atoms with Crippen molar-refractivity contribution in [2.75, 3.05) is 30.3 Å². The number of carbonyl (C=O) groups is 4. The van der Waals surface area contributed by atoms with Crippen LogP contribution >= 0.6 is 46.8 Å². The number of aromatic nitrogens is 3. The van der Waals surface area contributed by atoms with Crippen molar-refractivity contribution in [3.8, 4) is 0 Å². The Kier molecular flexibility index (Phi) is 10.1. The van der Waals surface area contributed by atoms with Crippen LogP contribution in [0.15, 0.2) is 39.0 Å². The van der Waals surface area contributed by atoms with Crippen molar-refractivity contribution < 1.29 is 29.5 Å². The number of rotatable bonds is 12. The highest BCUT2D eigenvalue weighted by Crippen LogP contribution is 2.45. The van der Waals surface area contributed by atoms with Crippen molar-refractivity contribution in [3.63, 3.8) is 0 Å². The number of nitrogens with two attached hydrogens (primary N) is 1. The number of thioether (sulfide) groups is 3. The highest BCUT2D eigenvalue weighted by molar-refractivity contribution is 8.06. The predicted molar refractivity (Wildman–Crippen MR) is 163 cm³/mol. The molecule has 0 unspecified atom stereocenters. The van der Waals surface area contributed by atoms with E-state index in [-0.39, 0.29) is 34.4 Å². The number of β-lactam (4-membered cyclic amide) rings is 1. The van der Waals surface area contributed by atoms with Gasteiger partial charge in [0.25, 0.3) is 11.8 Å². The third-order valence-electron chi connectivity index (χ3n) is 6.63. The minimum Gasteiger partial charge on any atom is -0.477 e. The third kappa shape index (κ3) is 6.90. The minimum absolute atomic E-state index is 0.0133. The molecule has 43 heavy (non-hydrogen) atoms. The van der Waals surface area contributed by atoms with Crippen LogP contribution in [0, 0.1) is 0 Å². The minimum atomic E-state index is -1.27. The summed E-state index contributed by atoms with van der Waals surface area (Å²) in [6.07, 6.45) is 3.51. The molecule has 15 nitrogen and oxygen atoms in total. The molecule has 2 aromatic heterocycles. The molecule has 3 amide bonds. The average molecular weight is 666 g/mol. The number of pyridine rings is 1. The molecular weight excluding hydrogens is 639 g/mol. The molecule has 0 aromatic carbocycles. The van der Waals surface area contributed by atoms with Crippen molar-refractivity contribution >= 4 is 81.4 Å². The number of carboxylic acids is 1. The van der Waals surface area contributed by atoms with Crippen LogP contribution in [0.5, 0.6) is 0 Å². The van der Waals surface area contributed by atoms with Crippen LogP contribution in [0.2, 0.25) is 0 Å². The zero-order valence-electron chi connectivity index (χ0n) is 22.4. The molecule has 2 saturated heterocycles. The molecule has 2 aromatic rings. The molecule has 0 aliphatic carbocycles. The number of carbonyl (C=O) groups excluding carboxylic acids is 3. The number of fused-ring (bicyclic) bond motifs is 1. The van der Waals surface area contributed by atoms with Crippen molar-refractivity contribution in [1.82, 2.24) is 35.2 Å². The molecule has 0 saturated carbocycles. The predicted octanol–water partition coefficient (Wildman–Crippen LogP) is 0.283. The first-order valence-corrected chi connectivity index (χ1v) is 16.8. The highest BCUT2D eigenvalue weighted by atomic mass is 32.2. The fourth-order valence-corrected chi connectivity index (χ4v) is 8.52. The Bertz CT molecular complexity index is 1480.